The van der Waals surface area contributed by atoms with Crippen LogP contribution in [-0.4, -0.2) is 23.1 Å². The molecular formula is C12H20N2OS. The molecule has 0 aliphatic heterocycles. The minimum Gasteiger partial charge on any atom is -0.467 e. The molecule has 16 heavy (non-hydrogen) atoms. The molecule has 0 atom stereocenters. The van der Waals surface area contributed by atoms with Crippen molar-refractivity contribution in [2.45, 2.75) is 33.2 Å². The highest BCUT2D eigenvalue weighted by atomic mass is 32.1. The Morgan fingerprint density at radius 3 is 2.88 bits per heavy atom. The number of hydrogen-bond acceptors (Lipinski definition) is 2. The zero-order chi connectivity index (χ0) is 11.8. The molecule has 0 aliphatic carbocycles. The average molecular weight is 240 g/mol. The van der Waals surface area contributed by atoms with Crippen molar-refractivity contribution in [3.8, 4) is 0 Å². The third-order valence-electron chi connectivity index (χ3n) is 2.40. The van der Waals surface area contributed by atoms with Crippen LogP contribution in [0.5, 0.6) is 0 Å². The van der Waals surface area contributed by atoms with Crippen LogP contribution in [0.2, 0.25) is 0 Å². The summed E-state index contributed by atoms with van der Waals surface area (Å²) in [5, 5.41) is 4.08. The van der Waals surface area contributed by atoms with Gasteiger partial charge in [-0.05, 0) is 37.7 Å². The maximum atomic E-state index is 5.33. The molecule has 0 aromatic carbocycles. The molecule has 0 spiro atoms. The van der Waals surface area contributed by atoms with Crippen LogP contribution in [0.3, 0.4) is 0 Å². The summed E-state index contributed by atoms with van der Waals surface area (Å²) in [6.45, 7) is 6.84. The van der Waals surface area contributed by atoms with Crippen LogP contribution >= 0.6 is 12.2 Å². The summed E-state index contributed by atoms with van der Waals surface area (Å²) in [7, 11) is 0. The number of furan rings is 1. The second-order valence-corrected chi connectivity index (χ2v) is 4.07. The Morgan fingerprint density at radius 1 is 1.50 bits per heavy atom. The lowest BCUT2D eigenvalue weighted by molar-refractivity contribution is 0.370. The van der Waals surface area contributed by atoms with Crippen molar-refractivity contribution in [2.75, 3.05) is 13.1 Å². The number of thiocarbonyl (C=S) groups is 1. The smallest absolute Gasteiger partial charge is 0.169 e. The number of nitrogens with one attached hydrogen (secondary N) is 1. The first-order valence-corrected chi connectivity index (χ1v) is 6.23. The Labute approximate surface area is 103 Å². The molecule has 0 amide bonds. The van der Waals surface area contributed by atoms with E-state index in [1.165, 1.54) is 6.42 Å². The van der Waals surface area contributed by atoms with E-state index >= 15 is 0 Å². The van der Waals surface area contributed by atoms with Gasteiger partial charge < -0.3 is 14.6 Å². The van der Waals surface area contributed by atoms with E-state index in [1.54, 1.807) is 6.26 Å². The average Bonchev–Trinajstić information content (AvgIpc) is 2.78. The van der Waals surface area contributed by atoms with Gasteiger partial charge in [0.2, 0.25) is 0 Å². The van der Waals surface area contributed by atoms with Crippen LogP contribution in [0.4, 0.5) is 0 Å². The minimum atomic E-state index is 0.738. The van der Waals surface area contributed by atoms with E-state index in [4.69, 9.17) is 16.6 Å². The van der Waals surface area contributed by atoms with Gasteiger partial charge in [-0.2, -0.15) is 0 Å². The van der Waals surface area contributed by atoms with E-state index in [0.29, 0.717) is 0 Å². The molecule has 0 saturated heterocycles. The molecule has 1 rings (SSSR count). The number of rotatable bonds is 6. The lowest BCUT2D eigenvalue weighted by atomic mass is 10.3. The second kappa shape index (κ2) is 7.28. The normalized spacial score (nSPS) is 10.1. The van der Waals surface area contributed by atoms with Crippen LogP contribution in [0.15, 0.2) is 22.8 Å². The first-order chi connectivity index (χ1) is 7.77. The quantitative estimate of drug-likeness (QED) is 0.611. The number of hydrogen-bond donors (Lipinski definition) is 1. The molecule has 4 heteroatoms. The maximum Gasteiger partial charge on any atom is 0.169 e. The summed E-state index contributed by atoms with van der Waals surface area (Å²) >= 11 is 5.33. The van der Waals surface area contributed by atoms with Crippen molar-refractivity contribution in [1.82, 2.24) is 10.2 Å². The van der Waals surface area contributed by atoms with Gasteiger partial charge in [0.15, 0.2) is 5.11 Å². The van der Waals surface area contributed by atoms with Crippen LogP contribution in [-0.2, 0) is 6.54 Å². The molecule has 1 aromatic heterocycles. The van der Waals surface area contributed by atoms with Crippen molar-refractivity contribution in [1.29, 1.82) is 0 Å². The zero-order valence-corrected chi connectivity index (χ0v) is 10.8. The molecule has 1 heterocycles. The zero-order valence-electron chi connectivity index (χ0n) is 10.0. The monoisotopic (exact) mass is 240 g/mol. The predicted octanol–water partition coefficient (Wildman–Crippen LogP) is 2.78. The molecule has 0 unspecified atom stereocenters. The molecule has 0 radical (unpaired) electrons. The molecule has 3 nitrogen and oxygen atoms in total. The maximum absolute atomic E-state index is 5.33. The summed E-state index contributed by atoms with van der Waals surface area (Å²) in [6, 6.07) is 3.87. The van der Waals surface area contributed by atoms with Gasteiger partial charge in [-0.1, -0.05) is 13.3 Å². The highest BCUT2D eigenvalue weighted by Crippen LogP contribution is 2.05. The Morgan fingerprint density at radius 2 is 2.31 bits per heavy atom. The fourth-order valence-corrected chi connectivity index (χ4v) is 1.70. The van der Waals surface area contributed by atoms with Crippen molar-refractivity contribution >= 4 is 17.3 Å². The Kier molecular flexibility index (Phi) is 5.93. The fraction of sp³-hybridized carbons (Fsp3) is 0.583. The highest BCUT2D eigenvalue weighted by molar-refractivity contribution is 7.80. The molecule has 0 aliphatic rings. The van der Waals surface area contributed by atoms with Crippen LogP contribution < -0.4 is 5.32 Å². The first-order valence-electron chi connectivity index (χ1n) is 5.83. The Bertz CT molecular complexity index is 298. The van der Waals surface area contributed by atoms with Crippen molar-refractivity contribution in [2.24, 2.45) is 0 Å². The van der Waals surface area contributed by atoms with E-state index in [9.17, 15) is 0 Å². The van der Waals surface area contributed by atoms with Crippen molar-refractivity contribution in [3.05, 3.63) is 24.2 Å². The summed E-state index contributed by atoms with van der Waals surface area (Å²) < 4.78 is 5.31. The van der Waals surface area contributed by atoms with Gasteiger partial charge in [0.1, 0.15) is 5.76 Å². The first kappa shape index (κ1) is 13.0. The lowest BCUT2D eigenvalue weighted by Crippen LogP contribution is -2.39. The molecule has 1 N–H and O–H groups in total. The highest BCUT2D eigenvalue weighted by Gasteiger charge is 2.08. The molecule has 0 bridgehead atoms. The third-order valence-corrected chi connectivity index (χ3v) is 2.80. The fourth-order valence-electron chi connectivity index (χ4n) is 1.40. The van der Waals surface area contributed by atoms with Crippen LogP contribution in [0.25, 0.3) is 0 Å². The topological polar surface area (TPSA) is 28.4 Å². The van der Waals surface area contributed by atoms with Crippen molar-refractivity contribution in [3.63, 3.8) is 0 Å². The largest absolute Gasteiger partial charge is 0.467 e. The summed E-state index contributed by atoms with van der Waals surface area (Å²) in [6.07, 6.45) is 4.02. The van der Waals surface area contributed by atoms with E-state index in [1.807, 2.05) is 12.1 Å². The van der Waals surface area contributed by atoms with E-state index in [0.717, 1.165) is 36.9 Å². The standard InChI is InChI=1S/C12H20N2OS/c1-3-5-8-13-12(16)14(4-2)10-11-7-6-9-15-11/h6-7,9H,3-5,8,10H2,1-2H3,(H,13,16). The molecular weight excluding hydrogens is 220 g/mol. The third kappa shape index (κ3) is 4.23. The molecule has 90 valence electrons. The second-order valence-electron chi connectivity index (χ2n) is 3.68. The Hall–Kier alpha value is -1.03. The summed E-state index contributed by atoms with van der Waals surface area (Å²) in [5.41, 5.74) is 0. The van der Waals surface area contributed by atoms with E-state index in [2.05, 4.69) is 24.1 Å². The summed E-state index contributed by atoms with van der Waals surface area (Å²) in [5.74, 6) is 0.946. The molecule has 1 aromatic rings. The van der Waals surface area contributed by atoms with E-state index in [-0.39, 0.29) is 0 Å². The van der Waals surface area contributed by atoms with Gasteiger partial charge in [0, 0.05) is 13.1 Å². The van der Waals surface area contributed by atoms with Gasteiger partial charge in [-0.25, -0.2) is 0 Å². The molecule has 0 fully saturated rings. The summed E-state index contributed by atoms with van der Waals surface area (Å²) in [4.78, 5) is 2.10. The van der Waals surface area contributed by atoms with Gasteiger partial charge in [-0.3, -0.25) is 0 Å². The number of unbranched alkanes of at least 4 members (excludes halogenated alkanes) is 1. The van der Waals surface area contributed by atoms with Gasteiger partial charge in [0.05, 0.1) is 12.8 Å². The van der Waals surface area contributed by atoms with Gasteiger partial charge in [-0.15, -0.1) is 0 Å². The predicted molar refractivity (Wildman–Crippen MR) is 70.3 cm³/mol. The number of nitrogens with zero attached hydrogens (tertiary/aromatic N) is 1. The lowest BCUT2D eigenvalue weighted by Gasteiger charge is -2.23. The van der Waals surface area contributed by atoms with Gasteiger partial charge >= 0.3 is 0 Å². The van der Waals surface area contributed by atoms with E-state index < -0.39 is 0 Å². The minimum absolute atomic E-state index is 0.738. The van der Waals surface area contributed by atoms with Crippen molar-refractivity contribution < 1.29 is 4.42 Å². The Balaban J connectivity index is 2.38. The van der Waals surface area contributed by atoms with Gasteiger partial charge in [0.25, 0.3) is 0 Å². The molecule has 0 saturated carbocycles. The SMILES string of the molecule is CCCCNC(=S)N(CC)Cc1ccco1. The van der Waals surface area contributed by atoms with Crippen LogP contribution in [0, 0.1) is 0 Å². The van der Waals surface area contributed by atoms with Crippen LogP contribution in [0.1, 0.15) is 32.4 Å².